The summed E-state index contributed by atoms with van der Waals surface area (Å²) in [5.41, 5.74) is 1.81. The second-order valence-corrected chi connectivity index (χ2v) is 4.36. The number of nitrogens with one attached hydrogen (secondary N) is 1. The largest absolute Gasteiger partial charge is 0.495 e. The molecular formula is C13H15ClN2O2. The van der Waals surface area contributed by atoms with Crippen LogP contribution in [-0.2, 0) is 6.54 Å². The SMILES string of the molecule is COc1ccc(NCc2nc(C)c(C)o2)cc1Cl. The maximum absolute atomic E-state index is 6.04. The summed E-state index contributed by atoms with van der Waals surface area (Å²) in [6.07, 6.45) is 0. The molecule has 0 amide bonds. The maximum atomic E-state index is 6.04. The average Bonchev–Trinajstić information content (AvgIpc) is 2.66. The lowest BCUT2D eigenvalue weighted by molar-refractivity contribution is 0.415. The number of aromatic nitrogens is 1. The summed E-state index contributed by atoms with van der Waals surface area (Å²) < 4.78 is 10.6. The molecule has 1 aromatic heterocycles. The Labute approximate surface area is 111 Å². The third kappa shape index (κ3) is 2.76. The zero-order chi connectivity index (χ0) is 13.1. The first-order valence-corrected chi connectivity index (χ1v) is 5.98. The third-order valence-electron chi connectivity index (χ3n) is 2.67. The minimum Gasteiger partial charge on any atom is -0.495 e. The van der Waals surface area contributed by atoms with Crippen molar-refractivity contribution in [2.24, 2.45) is 0 Å². The number of methoxy groups -OCH3 is 1. The molecule has 1 aromatic carbocycles. The van der Waals surface area contributed by atoms with Crippen molar-refractivity contribution in [2.75, 3.05) is 12.4 Å². The van der Waals surface area contributed by atoms with E-state index in [9.17, 15) is 0 Å². The smallest absolute Gasteiger partial charge is 0.213 e. The molecule has 96 valence electrons. The number of rotatable bonds is 4. The molecule has 1 heterocycles. The first-order valence-electron chi connectivity index (χ1n) is 5.60. The Kier molecular flexibility index (Phi) is 3.77. The molecule has 0 saturated carbocycles. The molecule has 2 rings (SSSR count). The molecule has 0 saturated heterocycles. The second kappa shape index (κ2) is 5.31. The predicted octanol–water partition coefficient (Wildman–Crippen LogP) is 3.57. The number of nitrogens with zero attached hydrogens (tertiary/aromatic N) is 1. The summed E-state index contributed by atoms with van der Waals surface area (Å²) in [6, 6.07) is 5.52. The van der Waals surface area contributed by atoms with E-state index in [0.717, 1.165) is 17.1 Å². The van der Waals surface area contributed by atoms with Crippen LogP contribution in [-0.4, -0.2) is 12.1 Å². The quantitative estimate of drug-likeness (QED) is 0.919. The Morgan fingerprint density at radius 2 is 2.17 bits per heavy atom. The van der Waals surface area contributed by atoms with Crippen LogP contribution in [0.2, 0.25) is 5.02 Å². The molecule has 18 heavy (non-hydrogen) atoms. The van der Waals surface area contributed by atoms with E-state index in [-0.39, 0.29) is 0 Å². The Bertz CT molecular complexity index is 532. The van der Waals surface area contributed by atoms with Crippen LogP contribution in [0.5, 0.6) is 5.75 Å². The van der Waals surface area contributed by atoms with Gasteiger partial charge >= 0.3 is 0 Å². The van der Waals surface area contributed by atoms with Crippen molar-refractivity contribution in [1.29, 1.82) is 0 Å². The molecule has 0 atom stereocenters. The van der Waals surface area contributed by atoms with Gasteiger partial charge in [-0.3, -0.25) is 0 Å². The van der Waals surface area contributed by atoms with Crippen LogP contribution in [0.4, 0.5) is 5.69 Å². The van der Waals surface area contributed by atoms with Crippen molar-refractivity contribution >= 4 is 17.3 Å². The molecule has 0 aliphatic carbocycles. The van der Waals surface area contributed by atoms with E-state index < -0.39 is 0 Å². The number of hydrogen-bond acceptors (Lipinski definition) is 4. The van der Waals surface area contributed by atoms with Crippen LogP contribution in [0, 0.1) is 13.8 Å². The van der Waals surface area contributed by atoms with E-state index in [2.05, 4.69) is 10.3 Å². The molecule has 0 radical (unpaired) electrons. The summed E-state index contributed by atoms with van der Waals surface area (Å²) in [4.78, 5) is 4.29. The molecule has 4 nitrogen and oxygen atoms in total. The third-order valence-corrected chi connectivity index (χ3v) is 2.96. The minimum absolute atomic E-state index is 0.525. The van der Waals surface area contributed by atoms with Gasteiger partial charge in [0.15, 0.2) is 0 Å². The van der Waals surface area contributed by atoms with Gasteiger partial charge in [-0.2, -0.15) is 0 Å². The zero-order valence-electron chi connectivity index (χ0n) is 10.6. The highest BCUT2D eigenvalue weighted by Crippen LogP contribution is 2.27. The number of ether oxygens (including phenoxy) is 1. The van der Waals surface area contributed by atoms with Gasteiger partial charge in [-0.25, -0.2) is 4.98 Å². The fourth-order valence-electron chi connectivity index (χ4n) is 1.57. The van der Waals surface area contributed by atoms with E-state index in [1.807, 2.05) is 32.0 Å². The van der Waals surface area contributed by atoms with E-state index in [1.54, 1.807) is 7.11 Å². The number of anilines is 1. The number of benzene rings is 1. The molecule has 0 fully saturated rings. The lowest BCUT2D eigenvalue weighted by atomic mass is 10.3. The Balaban J connectivity index is 2.04. The van der Waals surface area contributed by atoms with Gasteiger partial charge in [-0.15, -0.1) is 0 Å². The van der Waals surface area contributed by atoms with Crippen LogP contribution < -0.4 is 10.1 Å². The topological polar surface area (TPSA) is 47.3 Å². The fourth-order valence-corrected chi connectivity index (χ4v) is 1.83. The van der Waals surface area contributed by atoms with Gasteiger partial charge in [0.1, 0.15) is 11.5 Å². The van der Waals surface area contributed by atoms with Gasteiger partial charge in [0.25, 0.3) is 0 Å². The van der Waals surface area contributed by atoms with E-state index in [4.69, 9.17) is 20.8 Å². The van der Waals surface area contributed by atoms with Crippen molar-refractivity contribution in [2.45, 2.75) is 20.4 Å². The van der Waals surface area contributed by atoms with Crippen LogP contribution in [0.3, 0.4) is 0 Å². The average molecular weight is 267 g/mol. The van der Waals surface area contributed by atoms with Gasteiger partial charge in [0, 0.05) is 5.69 Å². The standard InChI is InChI=1S/C13H15ClN2O2/c1-8-9(2)18-13(16-8)7-15-10-4-5-12(17-3)11(14)6-10/h4-6,15H,7H2,1-3H3. The number of aryl methyl sites for hydroxylation is 2. The van der Waals surface area contributed by atoms with E-state index in [1.165, 1.54) is 0 Å². The maximum Gasteiger partial charge on any atom is 0.213 e. The first-order chi connectivity index (χ1) is 8.60. The lowest BCUT2D eigenvalue weighted by Crippen LogP contribution is -1.99. The van der Waals surface area contributed by atoms with Gasteiger partial charge in [0.2, 0.25) is 5.89 Å². The summed E-state index contributed by atoms with van der Waals surface area (Å²) >= 11 is 6.04. The highest BCUT2D eigenvalue weighted by Gasteiger charge is 2.06. The van der Waals surface area contributed by atoms with E-state index in [0.29, 0.717) is 23.2 Å². The zero-order valence-corrected chi connectivity index (χ0v) is 11.3. The molecule has 2 aromatic rings. The predicted molar refractivity (Wildman–Crippen MR) is 71.3 cm³/mol. The van der Waals surface area contributed by atoms with E-state index >= 15 is 0 Å². The number of hydrogen-bond donors (Lipinski definition) is 1. The summed E-state index contributed by atoms with van der Waals surface area (Å²) in [5.74, 6) is 2.17. The fraction of sp³-hybridized carbons (Fsp3) is 0.308. The molecule has 0 aliphatic heterocycles. The molecule has 0 spiro atoms. The summed E-state index contributed by atoms with van der Waals surface area (Å²) in [5, 5.41) is 3.77. The normalized spacial score (nSPS) is 10.4. The Morgan fingerprint density at radius 1 is 1.39 bits per heavy atom. The first kappa shape index (κ1) is 12.8. The highest BCUT2D eigenvalue weighted by molar-refractivity contribution is 6.32. The lowest BCUT2D eigenvalue weighted by Gasteiger charge is -2.07. The number of oxazole rings is 1. The summed E-state index contributed by atoms with van der Waals surface area (Å²) in [6.45, 7) is 4.35. The monoisotopic (exact) mass is 266 g/mol. The second-order valence-electron chi connectivity index (χ2n) is 3.95. The van der Waals surface area contributed by atoms with Crippen LogP contribution in [0.15, 0.2) is 22.6 Å². The Morgan fingerprint density at radius 3 is 2.72 bits per heavy atom. The van der Waals surface area contributed by atoms with Gasteiger partial charge in [-0.05, 0) is 32.0 Å². The summed E-state index contributed by atoms with van der Waals surface area (Å²) in [7, 11) is 1.59. The van der Waals surface area contributed by atoms with Crippen LogP contribution >= 0.6 is 11.6 Å². The molecule has 0 bridgehead atoms. The van der Waals surface area contributed by atoms with Crippen molar-refractivity contribution in [3.8, 4) is 5.75 Å². The van der Waals surface area contributed by atoms with Crippen LogP contribution in [0.25, 0.3) is 0 Å². The Hall–Kier alpha value is -1.68. The molecule has 0 aliphatic rings. The highest BCUT2D eigenvalue weighted by atomic mass is 35.5. The van der Waals surface area contributed by atoms with Crippen molar-refractivity contribution in [1.82, 2.24) is 4.98 Å². The molecular weight excluding hydrogens is 252 g/mol. The van der Waals surface area contributed by atoms with Gasteiger partial charge < -0.3 is 14.5 Å². The molecule has 1 N–H and O–H groups in total. The van der Waals surface area contributed by atoms with Crippen LogP contribution in [0.1, 0.15) is 17.3 Å². The van der Waals surface area contributed by atoms with Crippen molar-refractivity contribution in [3.05, 3.63) is 40.6 Å². The van der Waals surface area contributed by atoms with Crippen molar-refractivity contribution in [3.63, 3.8) is 0 Å². The van der Waals surface area contributed by atoms with Crippen molar-refractivity contribution < 1.29 is 9.15 Å². The molecule has 0 unspecified atom stereocenters. The molecule has 5 heteroatoms. The van der Waals surface area contributed by atoms with Gasteiger partial charge in [-0.1, -0.05) is 11.6 Å². The minimum atomic E-state index is 0.525. The van der Waals surface area contributed by atoms with Gasteiger partial charge in [0.05, 0.1) is 24.4 Å². The number of halogens is 1.